The van der Waals surface area contributed by atoms with Gasteiger partial charge in [0.15, 0.2) is 5.58 Å². The van der Waals surface area contributed by atoms with E-state index in [0.29, 0.717) is 5.89 Å². The van der Waals surface area contributed by atoms with E-state index in [-0.39, 0.29) is 0 Å². The Kier molecular flexibility index (Phi) is 2.67. The highest BCUT2D eigenvalue weighted by atomic mass is 16.3. The molecule has 2 aromatic carbocycles. The molecule has 0 spiro atoms. The Balaban J connectivity index is 2.23. The van der Waals surface area contributed by atoms with Crippen molar-refractivity contribution in [3.05, 3.63) is 52.6 Å². The van der Waals surface area contributed by atoms with E-state index in [0.717, 1.165) is 16.7 Å². The smallest absolute Gasteiger partial charge is 0.227 e. The third kappa shape index (κ3) is 1.93. The summed E-state index contributed by atoms with van der Waals surface area (Å²) in [5, 5.41) is 0. The zero-order valence-corrected chi connectivity index (χ0v) is 11.7. The van der Waals surface area contributed by atoms with Crippen molar-refractivity contribution in [3.63, 3.8) is 0 Å². The molecule has 96 valence electrons. The Morgan fingerprint density at radius 1 is 0.895 bits per heavy atom. The van der Waals surface area contributed by atoms with Crippen molar-refractivity contribution in [2.24, 2.45) is 0 Å². The van der Waals surface area contributed by atoms with Gasteiger partial charge < -0.3 is 4.42 Å². The zero-order chi connectivity index (χ0) is 13.6. The number of aryl methyl sites for hydroxylation is 4. The second kappa shape index (κ2) is 4.23. The van der Waals surface area contributed by atoms with Gasteiger partial charge in [-0.3, -0.25) is 0 Å². The second-order valence-electron chi connectivity index (χ2n) is 5.19. The monoisotopic (exact) mass is 251 g/mol. The summed E-state index contributed by atoms with van der Waals surface area (Å²) in [6.45, 7) is 8.36. The molecule has 1 heterocycles. The average molecular weight is 251 g/mol. The van der Waals surface area contributed by atoms with Crippen LogP contribution in [-0.2, 0) is 0 Å². The van der Waals surface area contributed by atoms with Crippen molar-refractivity contribution in [1.82, 2.24) is 4.98 Å². The first-order chi connectivity index (χ1) is 9.06. The van der Waals surface area contributed by atoms with Gasteiger partial charge in [-0.1, -0.05) is 23.8 Å². The summed E-state index contributed by atoms with van der Waals surface area (Å²) in [6.07, 6.45) is 0. The van der Waals surface area contributed by atoms with Gasteiger partial charge in [0.1, 0.15) is 5.52 Å². The first-order valence-corrected chi connectivity index (χ1v) is 6.50. The molecule has 0 aliphatic carbocycles. The van der Waals surface area contributed by atoms with Crippen LogP contribution in [-0.4, -0.2) is 4.98 Å². The molecule has 0 aliphatic heterocycles. The van der Waals surface area contributed by atoms with Crippen molar-refractivity contribution in [3.8, 4) is 11.5 Å². The fraction of sp³-hybridized carbons (Fsp3) is 0.235. The van der Waals surface area contributed by atoms with Gasteiger partial charge in [0.05, 0.1) is 0 Å². The first-order valence-electron chi connectivity index (χ1n) is 6.50. The number of nitrogens with zero attached hydrogens (tertiary/aromatic N) is 1. The van der Waals surface area contributed by atoms with E-state index in [9.17, 15) is 0 Å². The van der Waals surface area contributed by atoms with Crippen LogP contribution in [0.5, 0.6) is 0 Å². The molecule has 0 saturated carbocycles. The SMILES string of the molecule is Cc1ccc(-c2nc3ccc(C)c(C)c3o2)c(C)c1. The van der Waals surface area contributed by atoms with Crippen molar-refractivity contribution in [1.29, 1.82) is 0 Å². The van der Waals surface area contributed by atoms with Crippen molar-refractivity contribution in [2.45, 2.75) is 27.7 Å². The summed E-state index contributed by atoms with van der Waals surface area (Å²) in [6, 6.07) is 10.4. The van der Waals surface area contributed by atoms with E-state index in [1.807, 2.05) is 6.07 Å². The van der Waals surface area contributed by atoms with Crippen LogP contribution >= 0.6 is 0 Å². The maximum Gasteiger partial charge on any atom is 0.227 e. The number of hydrogen-bond donors (Lipinski definition) is 0. The van der Waals surface area contributed by atoms with Gasteiger partial charge in [-0.05, 0) is 56.5 Å². The lowest BCUT2D eigenvalue weighted by atomic mass is 10.1. The molecule has 0 amide bonds. The number of aromatic nitrogens is 1. The van der Waals surface area contributed by atoms with E-state index in [2.05, 4.69) is 56.9 Å². The number of oxazole rings is 1. The molecule has 0 radical (unpaired) electrons. The molecule has 0 fully saturated rings. The van der Waals surface area contributed by atoms with Crippen LogP contribution in [0.25, 0.3) is 22.6 Å². The van der Waals surface area contributed by atoms with Crippen molar-refractivity contribution in [2.75, 3.05) is 0 Å². The fourth-order valence-corrected chi connectivity index (χ4v) is 2.39. The molecule has 0 N–H and O–H groups in total. The highest BCUT2D eigenvalue weighted by Gasteiger charge is 2.12. The lowest BCUT2D eigenvalue weighted by Crippen LogP contribution is -1.84. The molecule has 3 aromatic rings. The molecule has 1 aromatic heterocycles. The van der Waals surface area contributed by atoms with Crippen LogP contribution in [0.3, 0.4) is 0 Å². The maximum atomic E-state index is 5.98. The second-order valence-corrected chi connectivity index (χ2v) is 5.19. The molecule has 2 heteroatoms. The molecule has 0 saturated heterocycles. The van der Waals surface area contributed by atoms with Crippen LogP contribution in [0.1, 0.15) is 22.3 Å². The fourth-order valence-electron chi connectivity index (χ4n) is 2.39. The van der Waals surface area contributed by atoms with E-state index in [1.54, 1.807) is 0 Å². The summed E-state index contributed by atoms with van der Waals surface area (Å²) < 4.78 is 5.98. The van der Waals surface area contributed by atoms with E-state index in [1.165, 1.54) is 22.3 Å². The van der Waals surface area contributed by atoms with Gasteiger partial charge in [0.2, 0.25) is 5.89 Å². The normalized spacial score (nSPS) is 11.2. The van der Waals surface area contributed by atoms with Crippen LogP contribution in [0.4, 0.5) is 0 Å². The highest BCUT2D eigenvalue weighted by molar-refractivity contribution is 5.80. The summed E-state index contributed by atoms with van der Waals surface area (Å²) in [5.41, 5.74) is 7.74. The Morgan fingerprint density at radius 2 is 1.68 bits per heavy atom. The summed E-state index contributed by atoms with van der Waals surface area (Å²) in [4.78, 5) is 4.61. The number of fused-ring (bicyclic) bond motifs is 1. The Hall–Kier alpha value is -2.09. The Bertz CT molecular complexity index is 768. The molecular formula is C17H17NO. The number of rotatable bonds is 1. The summed E-state index contributed by atoms with van der Waals surface area (Å²) in [7, 11) is 0. The molecule has 3 rings (SSSR count). The van der Waals surface area contributed by atoms with Crippen LogP contribution in [0.15, 0.2) is 34.7 Å². The van der Waals surface area contributed by atoms with Gasteiger partial charge in [-0.25, -0.2) is 4.98 Å². The van der Waals surface area contributed by atoms with Gasteiger partial charge in [-0.2, -0.15) is 0 Å². The molecular weight excluding hydrogens is 234 g/mol. The molecule has 0 unspecified atom stereocenters. The third-order valence-corrected chi connectivity index (χ3v) is 3.69. The predicted molar refractivity (Wildman–Crippen MR) is 78.4 cm³/mol. The summed E-state index contributed by atoms with van der Waals surface area (Å²) >= 11 is 0. The van der Waals surface area contributed by atoms with Crippen molar-refractivity contribution < 1.29 is 4.42 Å². The maximum absolute atomic E-state index is 5.98. The number of hydrogen-bond acceptors (Lipinski definition) is 2. The van der Waals surface area contributed by atoms with Gasteiger partial charge in [0.25, 0.3) is 0 Å². The lowest BCUT2D eigenvalue weighted by Gasteiger charge is -2.02. The average Bonchev–Trinajstić information content (AvgIpc) is 2.78. The lowest BCUT2D eigenvalue weighted by molar-refractivity contribution is 0.616. The van der Waals surface area contributed by atoms with E-state index < -0.39 is 0 Å². The zero-order valence-electron chi connectivity index (χ0n) is 11.7. The standard InChI is InChI=1S/C17H17NO/c1-10-5-7-14(12(3)9-10)17-18-15-8-6-11(2)13(4)16(15)19-17/h5-9H,1-4H3. The van der Waals surface area contributed by atoms with Crippen LogP contribution in [0.2, 0.25) is 0 Å². The molecule has 19 heavy (non-hydrogen) atoms. The minimum atomic E-state index is 0.709. The highest BCUT2D eigenvalue weighted by Crippen LogP contribution is 2.29. The van der Waals surface area contributed by atoms with Gasteiger partial charge in [0, 0.05) is 5.56 Å². The minimum Gasteiger partial charge on any atom is -0.436 e. The molecule has 0 aliphatic rings. The van der Waals surface area contributed by atoms with Crippen molar-refractivity contribution >= 4 is 11.1 Å². The minimum absolute atomic E-state index is 0.709. The molecule has 2 nitrogen and oxygen atoms in total. The van der Waals surface area contributed by atoms with Crippen LogP contribution in [0, 0.1) is 27.7 Å². The Labute approximate surface area is 113 Å². The number of benzene rings is 2. The quantitative estimate of drug-likeness (QED) is 0.625. The predicted octanol–water partition coefficient (Wildman–Crippen LogP) is 4.73. The first kappa shape index (κ1) is 12.0. The summed E-state index contributed by atoms with van der Waals surface area (Å²) in [5.74, 6) is 0.709. The van der Waals surface area contributed by atoms with Crippen LogP contribution < -0.4 is 0 Å². The molecule has 0 atom stereocenters. The largest absolute Gasteiger partial charge is 0.436 e. The topological polar surface area (TPSA) is 26.0 Å². The van der Waals surface area contributed by atoms with Gasteiger partial charge >= 0.3 is 0 Å². The van der Waals surface area contributed by atoms with E-state index in [4.69, 9.17) is 4.42 Å². The Morgan fingerprint density at radius 3 is 2.42 bits per heavy atom. The third-order valence-electron chi connectivity index (χ3n) is 3.69. The van der Waals surface area contributed by atoms with E-state index >= 15 is 0 Å². The van der Waals surface area contributed by atoms with Gasteiger partial charge in [-0.15, -0.1) is 0 Å². The molecule has 0 bridgehead atoms.